The van der Waals surface area contributed by atoms with Gasteiger partial charge in [0.2, 0.25) is 11.8 Å². The molecule has 1 aromatic carbocycles. The number of rotatable bonds is 4. The van der Waals surface area contributed by atoms with Gasteiger partial charge in [0.15, 0.2) is 0 Å². The minimum Gasteiger partial charge on any atom is -0.361 e. The highest BCUT2D eigenvalue weighted by molar-refractivity contribution is 6.33. The van der Waals surface area contributed by atoms with Crippen LogP contribution in [0.3, 0.4) is 0 Å². The van der Waals surface area contributed by atoms with Crippen molar-refractivity contribution in [2.45, 2.75) is 12.1 Å². The summed E-state index contributed by atoms with van der Waals surface area (Å²) in [6.45, 7) is 1.96. The molecule has 7 nitrogen and oxygen atoms in total. The van der Waals surface area contributed by atoms with Crippen molar-refractivity contribution in [2.24, 2.45) is 0 Å². The van der Waals surface area contributed by atoms with E-state index in [4.69, 9.17) is 23.2 Å². The van der Waals surface area contributed by atoms with Crippen LogP contribution in [0.15, 0.2) is 30.5 Å². The van der Waals surface area contributed by atoms with E-state index >= 15 is 0 Å². The maximum Gasteiger partial charge on any atom is 0.417 e. The number of nitrogens with zero attached hydrogens (tertiary/aromatic N) is 4. The minimum absolute atomic E-state index is 0.0749. The van der Waals surface area contributed by atoms with Crippen molar-refractivity contribution in [2.75, 3.05) is 56.1 Å². The molecule has 1 aromatic heterocycles. The molecule has 0 aliphatic carbocycles. The summed E-state index contributed by atoms with van der Waals surface area (Å²) in [6, 6.07) is 6.15. The number of aromatic nitrogens is 1. The number of fused-ring (bicyclic) bond motifs is 1. The molecule has 12 heteroatoms. The number of halogens is 5. The van der Waals surface area contributed by atoms with E-state index in [9.17, 15) is 22.8 Å². The van der Waals surface area contributed by atoms with Crippen LogP contribution in [0.25, 0.3) is 0 Å². The van der Waals surface area contributed by atoms with Crippen LogP contribution in [-0.2, 0) is 15.8 Å². The highest BCUT2D eigenvalue weighted by Gasteiger charge is 2.38. The number of amides is 2. The zero-order valence-corrected chi connectivity index (χ0v) is 19.7. The Balaban J connectivity index is 1.45. The van der Waals surface area contributed by atoms with Crippen LogP contribution in [0, 0.1) is 0 Å². The summed E-state index contributed by atoms with van der Waals surface area (Å²) in [5, 5.41) is 3.02. The lowest BCUT2D eigenvalue weighted by Gasteiger charge is -2.37. The van der Waals surface area contributed by atoms with E-state index in [0.717, 1.165) is 23.5 Å². The number of likely N-dealkylation sites (N-methyl/N-ethyl adjacent to an activating group) is 1. The smallest absolute Gasteiger partial charge is 0.361 e. The fourth-order valence-electron chi connectivity index (χ4n) is 4.29. The highest BCUT2D eigenvalue weighted by atomic mass is 35.5. The molecule has 2 aromatic rings. The first-order chi connectivity index (χ1) is 16.1. The number of carbonyl (C=O) groups is 2. The predicted octanol–water partition coefficient (Wildman–Crippen LogP) is 3.41. The molecular formula is C22H22Cl2F3N5O2. The number of hydrogen-bond donors (Lipinski definition) is 1. The van der Waals surface area contributed by atoms with Crippen molar-refractivity contribution in [1.29, 1.82) is 0 Å². The summed E-state index contributed by atoms with van der Waals surface area (Å²) in [6.07, 6.45) is -3.76. The van der Waals surface area contributed by atoms with Gasteiger partial charge in [-0.25, -0.2) is 4.98 Å². The second kappa shape index (κ2) is 9.50. The van der Waals surface area contributed by atoms with Gasteiger partial charge in [-0.3, -0.25) is 9.59 Å². The highest BCUT2D eigenvalue weighted by Crippen LogP contribution is 2.39. The normalized spacial score (nSPS) is 18.2. The molecule has 1 unspecified atom stereocenters. The number of anilines is 2. The van der Waals surface area contributed by atoms with E-state index < -0.39 is 17.7 Å². The molecule has 1 atom stereocenters. The van der Waals surface area contributed by atoms with Gasteiger partial charge in [-0.1, -0.05) is 29.3 Å². The van der Waals surface area contributed by atoms with Gasteiger partial charge in [-0.05, 0) is 23.8 Å². The van der Waals surface area contributed by atoms with Crippen LogP contribution in [0.5, 0.6) is 0 Å². The maximum atomic E-state index is 13.4. The third kappa shape index (κ3) is 4.88. The van der Waals surface area contributed by atoms with Gasteiger partial charge in [0.05, 0.1) is 23.0 Å². The lowest BCUT2D eigenvalue weighted by atomic mass is 9.99. The van der Waals surface area contributed by atoms with Crippen LogP contribution < -0.4 is 15.1 Å². The average Bonchev–Trinajstić information content (AvgIpc) is 3.15. The van der Waals surface area contributed by atoms with Crippen LogP contribution >= 0.6 is 23.2 Å². The quantitative estimate of drug-likeness (QED) is 0.675. The van der Waals surface area contributed by atoms with Gasteiger partial charge in [0.25, 0.3) is 0 Å². The van der Waals surface area contributed by atoms with Crippen molar-refractivity contribution in [3.8, 4) is 0 Å². The van der Waals surface area contributed by atoms with E-state index in [-0.39, 0.29) is 29.2 Å². The molecule has 1 saturated heterocycles. The summed E-state index contributed by atoms with van der Waals surface area (Å²) in [5.41, 5.74) is 0.665. The molecule has 1 N–H and O–H groups in total. The van der Waals surface area contributed by atoms with E-state index in [1.807, 2.05) is 11.0 Å². The maximum absolute atomic E-state index is 13.4. The summed E-state index contributed by atoms with van der Waals surface area (Å²) < 4.78 is 38.7. The lowest BCUT2D eigenvalue weighted by Crippen LogP contribution is -2.50. The van der Waals surface area contributed by atoms with Gasteiger partial charge in [0, 0.05) is 56.7 Å². The third-order valence-electron chi connectivity index (χ3n) is 6.06. The largest absolute Gasteiger partial charge is 0.417 e. The molecule has 0 bridgehead atoms. The molecule has 0 spiro atoms. The Hall–Kier alpha value is -2.72. The van der Waals surface area contributed by atoms with Crippen molar-refractivity contribution >= 4 is 46.5 Å². The average molecular weight is 516 g/mol. The zero-order chi connectivity index (χ0) is 24.6. The molecule has 1 fully saturated rings. The number of alkyl halides is 3. The molecule has 2 amide bonds. The molecule has 4 rings (SSSR count). The molecule has 182 valence electrons. The van der Waals surface area contributed by atoms with Crippen molar-refractivity contribution in [3.63, 3.8) is 0 Å². The summed E-state index contributed by atoms with van der Waals surface area (Å²) in [5.74, 6) is -0.432. The number of carbonyl (C=O) groups excluding carboxylic acids is 2. The number of hydrogen-bond acceptors (Lipinski definition) is 5. The van der Waals surface area contributed by atoms with Crippen molar-refractivity contribution in [1.82, 2.24) is 15.2 Å². The molecule has 0 radical (unpaired) electrons. The van der Waals surface area contributed by atoms with Gasteiger partial charge >= 0.3 is 6.18 Å². The van der Waals surface area contributed by atoms with E-state index in [1.54, 1.807) is 29.0 Å². The van der Waals surface area contributed by atoms with E-state index in [2.05, 4.69) is 10.3 Å². The lowest BCUT2D eigenvalue weighted by molar-refractivity contribution is -0.138. The summed E-state index contributed by atoms with van der Waals surface area (Å²) in [4.78, 5) is 34.6. The topological polar surface area (TPSA) is 68.8 Å². The van der Waals surface area contributed by atoms with E-state index in [1.165, 1.54) is 0 Å². The first-order valence-electron chi connectivity index (χ1n) is 10.6. The predicted molar refractivity (Wildman–Crippen MR) is 124 cm³/mol. The van der Waals surface area contributed by atoms with Crippen LogP contribution in [0.4, 0.5) is 24.7 Å². The molecule has 0 saturated carbocycles. The first-order valence-corrected chi connectivity index (χ1v) is 11.4. The van der Waals surface area contributed by atoms with Crippen LogP contribution in [-0.4, -0.2) is 68.0 Å². The number of pyridine rings is 1. The molecular weight excluding hydrogens is 494 g/mol. The Morgan fingerprint density at radius 1 is 1.15 bits per heavy atom. The Labute approximate surface area is 204 Å². The zero-order valence-electron chi connectivity index (χ0n) is 18.2. The van der Waals surface area contributed by atoms with Crippen molar-refractivity contribution < 1.29 is 22.8 Å². The fourth-order valence-corrected chi connectivity index (χ4v) is 4.75. The van der Waals surface area contributed by atoms with Gasteiger partial charge in [0.1, 0.15) is 5.82 Å². The molecule has 2 aliphatic heterocycles. The number of nitrogens with one attached hydrogen (secondary N) is 1. The summed E-state index contributed by atoms with van der Waals surface area (Å²) >= 11 is 12.2. The molecule has 34 heavy (non-hydrogen) atoms. The fraction of sp³-hybridized carbons (Fsp3) is 0.409. The Morgan fingerprint density at radius 3 is 2.47 bits per heavy atom. The van der Waals surface area contributed by atoms with Crippen molar-refractivity contribution in [3.05, 3.63) is 51.6 Å². The molecule has 2 aliphatic rings. The second-order valence-electron chi connectivity index (χ2n) is 8.15. The number of piperazine rings is 1. The first kappa shape index (κ1) is 24.4. The SMILES string of the molecule is CNC(=O)CN1CC(C(=O)N2CCN(c3ncc(C(F)(F)F)cc3Cl)CC2)c2ccc(Cl)cc21. The Kier molecular flexibility index (Phi) is 6.82. The third-order valence-corrected chi connectivity index (χ3v) is 6.58. The van der Waals surface area contributed by atoms with E-state index in [0.29, 0.717) is 37.7 Å². The summed E-state index contributed by atoms with van der Waals surface area (Å²) in [7, 11) is 1.55. The Morgan fingerprint density at radius 2 is 1.85 bits per heavy atom. The monoisotopic (exact) mass is 515 g/mol. The van der Waals surface area contributed by atoms with Gasteiger partial charge < -0.3 is 20.0 Å². The Bertz CT molecular complexity index is 1110. The van der Waals surface area contributed by atoms with Crippen LogP contribution in [0.1, 0.15) is 17.0 Å². The standard InChI is InChI=1S/C22H22Cl2F3N5O2/c1-28-19(33)12-32-11-16(15-3-2-14(23)9-18(15)32)21(34)31-6-4-30(5-7-31)20-17(24)8-13(10-29-20)22(25,26)27/h2-3,8-10,16H,4-7,11-12H2,1H3,(H,28,33). The molecule has 3 heterocycles. The van der Waals surface area contributed by atoms with Crippen LogP contribution in [0.2, 0.25) is 10.0 Å². The van der Waals surface area contributed by atoms with Gasteiger partial charge in [-0.2, -0.15) is 13.2 Å². The second-order valence-corrected chi connectivity index (χ2v) is 8.99. The van der Waals surface area contributed by atoms with Gasteiger partial charge in [-0.15, -0.1) is 0 Å². The minimum atomic E-state index is -4.52. The number of benzene rings is 1.